The van der Waals surface area contributed by atoms with Crippen LogP contribution in [0, 0.1) is 0 Å². The first-order chi connectivity index (χ1) is 38.7. The predicted molar refractivity (Wildman–Crippen MR) is 333 cm³/mol. The van der Waals surface area contributed by atoms with Crippen LogP contribution in [0.15, 0.2) is 170 Å². The van der Waals surface area contributed by atoms with Gasteiger partial charge in [-0.1, -0.05) is 139 Å². The van der Waals surface area contributed by atoms with Crippen LogP contribution >= 0.6 is 0 Å². The lowest BCUT2D eigenvalue weighted by molar-refractivity contribution is -0.124. The standard InChI is InChI=1S/2C35H41N3O2/c2*1-6-32(27-14-12-26(13-15-27)25(2)3)35(29-18-21-33-30(23-29)24-36-37-33)28-16-19-31(20-17-28)40-22-10-8-7-9-11-34(39)38(4)5/h2*9,11-21,23-25H,6-8,10,22H2,1-5H3,(H,36,37)/b2*11-9+,35-32+. The number of H-pyrrole nitrogens is 2. The summed E-state index contributed by atoms with van der Waals surface area (Å²) in [4.78, 5) is 26.4. The summed E-state index contributed by atoms with van der Waals surface area (Å²) in [5.41, 5.74) is 17.0. The summed E-state index contributed by atoms with van der Waals surface area (Å²) < 4.78 is 12.1. The zero-order valence-corrected chi connectivity index (χ0v) is 48.8. The van der Waals surface area contributed by atoms with Crippen molar-refractivity contribution in [1.29, 1.82) is 0 Å². The van der Waals surface area contributed by atoms with Crippen molar-refractivity contribution in [3.05, 3.63) is 215 Å². The fourth-order valence-electron chi connectivity index (χ4n) is 9.63. The van der Waals surface area contributed by atoms with Gasteiger partial charge in [0.05, 0.1) is 36.6 Å². The van der Waals surface area contributed by atoms with E-state index in [2.05, 4.69) is 195 Å². The van der Waals surface area contributed by atoms with Crippen LogP contribution in [-0.2, 0) is 9.59 Å². The van der Waals surface area contributed by atoms with Gasteiger partial charge in [-0.15, -0.1) is 0 Å². The number of ether oxygens (including phenoxy) is 2. The molecule has 0 spiro atoms. The third-order valence-corrected chi connectivity index (χ3v) is 14.4. The zero-order valence-electron chi connectivity index (χ0n) is 48.8. The Labute approximate surface area is 475 Å². The van der Waals surface area contributed by atoms with Gasteiger partial charge in [-0.25, -0.2) is 0 Å². The minimum absolute atomic E-state index is 0.0215. The molecule has 10 nitrogen and oxygen atoms in total. The number of allylic oxidation sites excluding steroid dienone is 4. The molecule has 80 heavy (non-hydrogen) atoms. The van der Waals surface area contributed by atoms with E-state index in [1.165, 1.54) is 55.7 Å². The van der Waals surface area contributed by atoms with Crippen molar-refractivity contribution in [3.8, 4) is 11.5 Å². The Morgan fingerprint density at radius 2 is 0.825 bits per heavy atom. The molecule has 0 aliphatic rings. The van der Waals surface area contributed by atoms with Crippen LogP contribution in [-0.4, -0.2) is 83.4 Å². The molecule has 0 saturated heterocycles. The van der Waals surface area contributed by atoms with E-state index in [9.17, 15) is 9.59 Å². The molecular weight excluding hydrogens is 989 g/mol. The van der Waals surface area contributed by atoms with Crippen molar-refractivity contribution in [2.45, 2.75) is 105 Å². The molecule has 0 unspecified atom stereocenters. The van der Waals surface area contributed by atoms with Crippen LogP contribution in [0.4, 0.5) is 0 Å². The van der Waals surface area contributed by atoms with E-state index < -0.39 is 0 Å². The average molecular weight is 1070 g/mol. The van der Waals surface area contributed by atoms with Crippen molar-refractivity contribution < 1.29 is 19.1 Å². The number of hydrogen-bond donors (Lipinski definition) is 2. The SMILES string of the molecule is CC/C(=C(/c1ccc(OCCCC/C=C/C(=O)N(C)C)cc1)c1ccc2[nH]ncc2c1)c1ccc(C(C)C)cc1.CC/C(=C(/c1ccc(OCCCC/C=C/C(=O)N(C)C)cc1)c1ccc2[nH]ncc2c1)c1ccc(C(C)C)cc1. The maximum absolute atomic E-state index is 11.6. The number of nitrogens with zero attached hydrogens (tertiary/aromatic N) is 4. The van der Waals surface area contributed by atoms with Crippen LogP contribution in [0.1, 0.15) is 149 Å². The monoisotopic (exact) mass is 1070 g/mol. The van der Waals surface area contributed by atoms with Crippen molar-refractivity contribution in [2.24, 2.45) is 0 Å². The van der Waals surface area contributed by atoms with Crippen LogP contribution in [0.5, 0.6) is 11.5 Å². The van der Waals surface area contributed by atoms with Gasteiger partial charge in [-0.3, -0.25) is 19.8 Å². The number of aromatic nitrogens is 4. The highest BCUT2D eigenvalue weighted by molar-refractivity contribution is 6.02. The molecule has 2 aromatic heterocycles. The van der Waals surface area contributed by atoms with Gasteiger partial charge in [-0.05, 0) is 191 Å². The van der Waals surface area contributed by atoms with Crippen molar-refractivity contribution in [1.82, 2.24) is 30.2 Å². The second kappa shape index (κ2) is 29.7. The summed E-state index contributed by atoms with van der Waals surface area (Å²) in [7, 11) is 7.04. The topological polar surface area (TPSA) is 116 Å². The molecule has 0 bridgehead atoms. The summed E-state index contributed by atoms with van der Waals surface area (Å²) in [6.07, 6.45) is 18.3. The second-order valence-corrected chi connectivity index (χ2v) is 21.3. The first kappa shape index (κ1) is 59.4. The Hall–Kier alpha value is -8.24. The Morgan fingerprint density at radius 3 is 1.16 bits per heavy atom. The molecular formula is C70H82N6O4. The molecule has 2 amide bonds. The Morgan fingerprint density at radius 1 is 0.475 bits per heavy atom. The molecule has 6 aromatic carbocycles. The maximum Gasteiger partial charge on any atom is 0.245 e. The summed E-state index contributed by atoms with van der Waals surface area (Å²) in [6, 6.07) is 48.0. The van der Waals surface area contributed by atoms with Gasteiger partial charge in [0, 0.05) is 39.0 Å². The quantitative estimate of drug-likeness (QED) is 0.0354. The number of nitrogens with one attached hydrogen (secondary N) is 2. The highest BCUT2D eigenvalue weighted by atomic mass is 16.5. The summed E-state index contributed by atoms with van der Waals surface area (Å²) in [5, 5.41) is 16.8. The Kier molecular flexibility index (Phi) is 22.0. The van der Waals surface area contributed by atoms with E-state index in [0.29, 0.717) is 25.0 Å². The number of likely N-dealkylation sites (N-methyl/N-ethyl adjacent to an activating group) is 2. The summed E-state index contributed by atoms with van der Waals surface area (Å²) in [6.45, 7) is 14.7. The highest BCUT2D eigenvalue weighted by Crippen LogP contribution is 2.38. The molecule has 0 radical (unpaired) electrons. The average Bonchev–Trinajstić information content (AvgIpc) is 4.20. The number of rotatable bonds is 24. The minimum Gasteiger partial charge on any atom is -0.494 e. The number of hydrogen-bond acceptors (Lipinski definition) is 6. The molecule has 0 fully saturated rings. The van der Waals surface area contributed by atoms with Gasteiger partial charge in [0.15, 0.2) is 0 Å². The maximum atomic E-state index is 11.6. The number of aromatic amines is 2. The van der Waals surface area contributed by atoms with E-state index in [-0.39, 0.29) is 11.8 Å². The number of carbonyl (C=O) groups is 2. The molecule has 2 heterocycles. The molecule has 0 aliphatic heterocycles. The minimum atomic E-state index is 0.0215. The normalized spacial score (nSPS) is 12.2. The lowest BCUT2D eigenvalue weighted by Crippen LogP contribution is -2.18. The molecule has 10 heteroatoms. The zero-order chi connectivity index (χ0) is 57.0. The number of fused-ring (bicyclic) bond motifs is 2. The van der Waals surface area contributed by atoms with Gasteiger partial charge in [0.25, 0.3) is 0 Å². The van der Waals surface area contributed by atoms with Crippen molar-refractivity contribution in [2.75, 3.05) is 41.4 Å². The summed E-state index contributed by atoms with van der Waals surface area (Å²) >= 11 is 0. The summed E-state index contributed by atoms with van der Waals surface area (Å²) in [5.74, 6) is 2.78. The van der Waals surface area contributed by atoms with Crippen molar-refractivity contribution in [3.63, 3.8) is 0 Å². The second-order valence-electron chi connectivity index (χ2n) is 21.3. The van der Waals surface area contributed by atoms with E-state index in [1.807, 2.05) is 24.5 Å². The number of unbranched alkanes of at least 4 members (excludes halogenated alkanes) is 4. The van der Waals surface area contributed by atoms with Gasteiger partial charge in [0.1, 0.15) is 11.5 Å². The first-order valence-corrected chi connectivity index (χ1v) is 28.5. The predicted octanol–water partition coefficient (Wildman–Crippen LogP) is 16.5. The smallest absolute Gasteiger partial charge is 0.245 e. The molecule has 0 aliphatic carbocycles. The largest absolute Gasteiger partial charge is 0.494 e. The Bertz CT molecular complexity index is 3140. The lowest BCUT2D eigenvalue weighted by atomic mass is 9.87. The first-order valence-electron chi connectivity index (χ1n) is 28.5. The fraction of sp³-hybridized carbons (Fsp3) is 0.314. The van der Waals surface area contributed by atoms with Gasteiger partial charge in [-0.2, -0.15) is 10.2 Å². The van der Waals surface area contributed by atoms with Crippen LogP contribution < -0.4 is 9.47 Å². The number of carbonyl (C=O) groups excluding carboxylic acids is 2. The van der Waals surface area contributed by atoms with E-state index in [4.69, 9.17) is 9.47 Å². The molecule has 416 valence electrons. The molecule has 2 N–H and O–H groups in total. The van der Waals surface area contributed by atoms with E-state index >= 15 is 0 Å². The molecule has 0 saturated carbocycles. The highest BCUT2D eigenvalue weighted by Gasteiger charge is 2.17. The number of amides is 2. The fourth-order valence-corrected chi connectivity index (χ4v) is 9.63. The van der Waals surface area contributed by atoms with Crippen LogP contribution in [0.2, 0.25) is 0 Å². The van der Waals surface area contributed by atoms with Crippen LogP contribution in [0.25, 0.3) is 44.1 Å². The lowest BCUT2D eigenvalue weighted by Gasteiger charge is -2.18. The number of benzene rings is 6. The third kappa shape index (κ3) is 16.4. The van der Waals surface area contributed by atoms with E-state index in [0.717, 1.165) is 95.8 Å². The molecule has 8 rings (SSSR count). The van der Waals surface area contributed by atoms with Gasteiger partial charge >= 0.3 is 0 Å². The van der Waals surface area contributed by atoms with Crippen molar-refractivity contribution >= 4 is 55.9 Å². The van der Waals surface area contributed by atoms with E-state index in [1.54, 1.807) is 50.1 Å². The van der Waals surface area contributed by atoms with Gasteiger partial charge in [0.2, 0.25) is 11.8 Å². The van der Waals surface area contributed by atoms with Crippen LogP contribution in [0.3, 0.4) is 0 Å². The molecule has 0 atom stereocenters. The van der Waals surface area contributed by atoms with Gasteiger partial charge < -0.3 is 19.3 Å². The molecule has 8 aromatic rings. The Balaban J connectivity index is 0.000000231. The third-order valence-electron chi connectivity index (χ3n) is 14.4.